The van der Waals surface area contributed by atoms with Gasteiger partial charge in [0, 0.05) is 38.9 Å². The largest absolute Gasteiger partial charge is 0.478 e. The number of carboxylic acid groups (broad SMARTS) is 1. The van der Waals surface area contributed by atoms with Crippen LogP contribution in [0.4, 0.5) is 5.82 Å². The summed E-state index contributed by atoms with van der Waals surface area (Å²) in [5, 5.41) is 22.3. The number of aromatic carboxylic acids is 1. The Morgan fingerprint density at radius 1 is 1.09 bits per heavy atom. The summed E-state index contributed by atoms with van der Waals surface area (Å²) in [6.45, 7) is 4.01. The summed E-state index contributed by atoms with van der Waals surface area (Å²) < 4.78 is 1.70. The molecule has 0 unspecified atom stereocenters. The van der Waals surface area contributed by atoms with Crippen LogP contribution in [0.1, 0.15) is 61.6 Å². The first kappa shape index (κ1) is 22.0. The van der Waals surface area contributed by atoms with Crippen LogP contribution in [0.3, 0.4) is 0 Å². The maximum atomic E-state index is 13.7. The third-order valence-corrected chi connectivity index (χ3v) is 9.05. The van der Waals surface area contributed by atoms with Gasteiger partial charge in [-0.1, -0.05) is 18.2 Å². The maximum absolute atomic E-state index is 13.7. The number of thiophene rings is 2. The highest BCUT2D eigenvalue weighted by atomic mass is 32.1. The third kappa shape index (κ3) is 3.47. The van der Waals surface area contributed by atoms with Gasteiger partial charge in [-0.25, -0.2) is 9.48 Å². The average molecular weight is 502 g/mol. The summed E-state index contributed by atoms with van der Waals surface area (Å²) in [6, 6.07) is 13.1. The van der Waals surface area contributed by atoms with Crippen LogP contribution in [-0.2, 0) is 4.79 Å². The second-order valence-electron chi connectivity index (χ2n) is 9.04. The van der Waals surface area contributed by atoms with Crippen LogP contribution in [-0.4, -0.2) is 26.6 Å². The molecule has 6 nitrogen and oxygen atoms in total. The summed E-state index contributed by atoms with van der Waals surface area (Å²) in [7, 11) is 0. The highest BCUT2D eigenvalue weighted by molar-refractivity contribution is 7.10. The van der Waals surface area contributed by atoms with E-state index in [-0.39, 0.29) is 23.2 Å². The molecule has 1 aliphatic carbocycles. The van der Waals surface area contributed by atoms with Gasteiger partial charge >= 0.3 is 5.97 Å². The van der Waals surface area contributed by atoms with E-state index in [1.165, 1.54) is 4.88 Å². The van der Waals surface area contributed by atoms with Gasteiger partial charge in [-0.05, 0) is 60.9 Å². The molecule has 0 amide bonds. The molecule has 1 aliphatic heterocycles. The van der Waals surface area contributed by atoms with Crippen LogP contribution >= 0.6 is 22.7 Å². The van der Waals surface area contributed by atoms with Crippen molar-refractivity contribution in [2.45, 2.75) is 38.5 Å². The summed E-state index contributed by atoms with van der Waals surface area (Å²) >= 11 is 3.34. The lowest BCUT2D eigenvalue weighted by atomic mass is 9.75. The minimum absolute atomic E-state index is 0.129. The molecule has 4 aromatic rings. The highest BCUT2D eigenvalue weighted by Crippen LogP contribution is 2.51. The Morgan fingerprint density at radius 2 is 1.91 bits per heavy atom. The number of Topliss-reactive ketones (excluding diaryl/α,β-unsaturated/α-hetero) is 1. The number of ketones is 1. The Balaban J connectivity index is 1.57. The molecule has 2 N–H and O–H groups in total. The van der Waals surface area contributed by atoms with Gasteiger partial charge < -0.3 is 10.4 Å². The zero-order chi connectivity index (χ0) is 24.3. The fourth-order valence-corrected chi connectivity index (χ4v) is 7.23. The van der Waals surface area contributed by atoms with Crippen LogP contribution in [0.2, 0.25) is 0 Å². The molecule has 4 heterocycles. The Labute approximate surface area is 210 Å². The summed E-state index contributed by atoms with van der Waals surface area (Å²) in [6.07, 6.45) is 1.22. The van der Waals surface area contributed by atoms with Crippen molar-refractivity contribution in [1.82, 2.24) is 9.78 Å². The number of benzene rings is 1. The summed E-state index contributed by atoms with van der Waals surface area (Å²) in [4.78, 5) is 28.0. The first-order chi connectivity index (χ1) is 16.9. The molecule has 0 spiro atoms. The number of aryl methyl sites for hydroxylation is 2. The zero-order valence-corrected chi connectivity index (χ0v) is 20.9. The quantitative estimate of drug-likeness (QED) is 0.344. The van der Waals surface area contributed by atoms with Gasteiger partial charge in [-0.3, -0.25) is 4.79 Å². The Hall–Kier alpha value is -3.49. The molecular weight excluding hydrogens is 478 g/mol. The number of carbonyl (C=O) groups is 2. The van der Waals surface area contributed by atoms with Gasteiger partial charge in [0.2, 0.25) is 0 Å². The minimum Gasteiger partial charge on any atom is -0.478 e. The van der Waals surface area contributed by atoms with Gasteiger partial charge in [-0.2, -0.15) is 5.10 Å². The van der Waals surface area contributed by atoms with Gasteiger partial charge in [0.05, 0.1) is 22.9 Å². The fraction of sp³-hybridized carbons (Fsp3) is 0.222. The Bertz CT molecular complexity index is 1510. The standard InChI is InChI=1S/C27H23N3O3S2/c1-14-9-11-35-25(14)24-22-15(2)29-30(19-7-4-3-6-17(19)27(32)33)26(22)28-18-12-16(13-20(31)23(18)24)21-8-5-10-34-21/h3-11,16,24,28H,12-13H2,1-2H3,(H,32,33)/t16-,24+/m1/s1. The summed E-state index contributed by atoms with van der Waals surface area (Å²) in [5.41, 5.74) is 5.29. The Morgan fingerprint density at radius 3 is 2.63 bits per heavy atom. The molecule has 2 aliphatic rings. The van der Waals surface area contributed by atoms with Crippen LogP contribution in [0.15, 0.2) is 64.5 Å². The smallest absolute Gasteiger partial charge is 0.337 e. The van der Waals surface area contributed by atoms with E-state index in [0.29, 0.717) is 12.1 Å². The molecule has 8 heteroatoms. The number of hydrogen-bond acceptors (Lipinski definition) is 6. The number of hydrogen-bond donors (Lipinski definition) is 2. The lowest BCUT2D eigenvalue weighted by Gasteiger charge is -2.35. The molecule has 35 heavy (non-hydrogen) atoms. The van der Waals surface area contributed by atoms with Gasteiger partial charge in [-0.15, -0.1) is 22.7 Å². The number of carboxylic acids is 1. The first-order valence-corrected chi connectivity index (χ1v) is 13.2. The highest BCUT2D eigenvalue weighted by Gasteiger charge is 2.42. The van der Waals surface area contributed by atoms with Gasteiger partial charge in [0.1, 0.15) is 5.82 Å². The number of allylic oxidation sites excluding steroid dienone is 2. The molecule has 1 aromatic carbocycles. The van der Waals surface area contributed by atoms with Gasteiger partial charge in [0.15, 0.2) is 5.78 Å². The van der Waals surface area contributed by atoms with E-state index in [1.54, 1.807) is 45.6 Å². The van der Waals surface area contributed by atoms with Crippen LogP contribution in [0.25, 0.3) is 5.69 Å². The molecule has 176 valence electrons. The molecule has 6 rings (SSSR count). The van der Waals surface area contributed by atoms with Crippen LogP contribution in [0, 0.1) is 13.8 Å². The van der Waals surface area contributed by atoms with Crippen molar-refractivity contribution in [3.05, 3.63) is 96.6 Å². The number of carbonyl (C=O) groups excluding carboxylic acids is 1. The van der Waals surface area contributed by atoms with E-state index in [4.69, 9.17) is 5.10 Å². The topological polar surface area (TPSA) is 84.2 Å². The number of aromatic nitrogens is 2. The van der Waals surface area contributed by atoms with Crippen molar-refractivity contribution in [3.8, 4) is 5.69 Å². The molecule has 2 atom stereocenters. The van der Waals surface area contributed by atoms with E-state index < -0.39 is 5.97 Å². The van der Waals surface area contributed by atoms with Crippen molar-refractivity contribution in [2.75, 3.05) is 5.32 Å². The normalized spacial score (nSPS) is 19.3. The van der Waals surface area contributed by atoms with E-state index in [2.05, 4.69) is 35.1 Å². The second-order valence-corrected chi connectivity index (χ2v) is 11.0. The number of para-hydroxylation sites is 1. The SMILES string of the molecule is Cc1ccsc1[C@@H]1C2=C(C[C@@H](c3cccs3)CC2=O)Nc2c1c(C)nn2-c1ccccc1C(=O)O. The number of fused-ring (bicyclic) bond motifs is 1. The molecule has 3 aromatic heterocycles. The molecule has 0 bridgehead atoms. The number of rotatable bonds is 4. The van der Waals surface area contributed by atoms with E-state index >= 15 is 0 Å². The van der Waals surface area contributed by atoms with E-state index in [9.17, 15) is 14.7 Å². The number of nitrogens with zero attached hydrogens (tertiary/aromatic N) is 2. The Kier molecular flexibility index (Phi) is 5.23. The van der Waals surface area contributed by atoms with E-state index in [1.807, 2.05) is 19.1 Å². The minimum atomic E-state index is -1.01. The number of nitrogens with one attached hydrogen (secondary N) is 1. The fourth-order valence-electron chi connectivity index (χ4n) is 5.36. The molecule has 0 fully saturated rings. The van der Waals surface area contributed by atoms with E-state index in [0.717, 1.165) is 45.2 Å². The third-order valence-electron chi connectivity index (χ3n) is 6.93. The van der Waals surface area contributed by atoms with Crippen molar-refractivity contribution in [1.29, 1.82) is 0 Å². The first-order valence-electron chi connectivity index (χ1n) is 11.5. The molecule has 0 radical (unpaired) electrons. The average Bonchev–Trinajstić information content (AvgIpc) is 3.59. The predicted molar refractivity (Wildman–Crippen MR) is 138 cm³/mol. The maximum Gasteiger partial charge on any atom is 0.337 e. The lowest BCUT2D eigenvalue weighted by Crippen LogP contribution is -2.30. The lowest BCUT2D eigenvalue weighted by molar-refractivity contribution is -0.116. The zero-order valence-electron chi connectivity index (χ0n) is 19.2. The molecular formula is C27H23N3O3S2. The summed E-state index contributed by atoms with van der Waals surface area (Å²) in [5.74, 6) is -0.187. The van der Waals surface area contributed by atoms with Crippen LogP contribution in [0.5, 0.6) is 0 Å². The van der Waals surface area contributed by atoms with Crippen molar-refractivity contribution >= 4 is 40.2 Å². The van der Waals surface area contributed by atoms with Crippen molar-refractivity contribution < 1.29 is 14.7 Å². The molecule has 0 saturated heterocycles. The van der Waals surface area contributed by atoms with Crippen molar-refractivity contribution in [3.63, 3.8) is 0 Å². The van der Waals surface area contributed by atoms with Crippen molar-refractivity contribution in [2.24, 2.45) is 0 Å². The second kappa shape index (κ2) is 8.32. The van der Waals surface area contributed by atoms with Crippen LogP contribution < -0.4 is 5.32 Å². The van der Waals surface area contributed by atoms with Gasteiger partial charge in [0.25, 0.3) is 0 Å². The predicted octanol–water partition coefficient (Wildman–Crippen LogP) is 6.27. The molecule has 0 saturated carbocycles. The number of anilines is 1. The monoisotopic (exact) mass is 501 g/mol.